The number of hydrogen-bond acceptors (Lipinski definition) is 5. The van der Waals surface area contributed by atoms with Gasteiger partial charge in [0.2, 0.25) is 0 Å². The second-order valence-corrected chi connectivity index (χ2v) is 6.33. The van der Waals surface area contributed by atoms with Gasteiger partial charge in [-0.3, -0.25) is 14.9 Å². The van der Waals surface area contributed by atoms with E-state index in [9.17, 15) is 14.9 Å². The lowest BCUT2D eigenvalue weighted by Gasteiger charge is -2.30. The molecule has 0 saturated carbocycles. The van der Waals surface area contributed by atoms with Crippen LogP contribution in [0.3, 0.4) is 0 Å². The van der Waals surface area contributed by atoms with Crippen LogP contribution in [0.2, 0.25) is 0 Å². The Kier molecular flexibility index (Phi) is 5.18. The summed E-state index contributed by atoms with van der Waals surface area (Å²) in [6.07, 6.45) is 0. The highest BCUT2D eigenvalue weighted by atomic mass is 16.6. The minimum Gasteiger partial charge on any atom is -0.378 e. The highest BCUT2D eigenvalue weighted by molar-refractivity contribution is 6.09. The Morgan fingerprint density at radius 3 is 2.58 bits per heavy atom. The van der Waals surface area contributed by atoms with Gasteiger partial charge in [0.1, 0.15) is 0 Å². The van der Waals surface area contributed by atoms with Crippen LogP contribution >= 0.6 is 0 Å². The molecule has 1 aliphatic heterocycles. The van der Waals surface area contributed by atoms with E-state index >= 15 is 0 Å². The average molecular weight is 355 g/mol. The van der Waals surface area contributed by atoms with Crippen molar-refractivity contribution in [3.8, 4) is 0 Å². The maximum Gasteiger partial charge on any atom is 0.270 e. The van der Waals surface area contributed by atoms with E-state index in [0.717, 1.165) is 11.1 Å². The summed E-state index contributed by atoms with van der Waals surface area (Å²) in [7, 11) is 0. The second kappa shape index (κ2) is 7.53. The number of anilines is 2. The van der Waals surface area contributed by atoms with E-state index in [-0.39, 0.29) is 11.6 Å². The predicted molar refractivity (Wildman–Crippen MR) is 100.0 cm³/mol. The molecular weight excluding hydrogens is 334 g/mol. The lowest BCUT2D eigenvalue weighted by atomic mass is 10.1. The summed E-state index contributed by atoms with van der Waals surface area (Å²) in [5.41, 5.74) is 3.53. The fourth-order valence-electron chi connectivity index (χ4n) is 2.96. The molecule has 1 heterocycles. The van der Waals surface area contributed by atoms with Crippen molar-refractivity contribution in [2.45, 2.75) is 13.8 Å². The van der Waals surface area contributed by atoms with Crippen molar-refractivity contribution in [2.24, 2.45) is 0 Å². The molecule has 1 saturated heterocycles. The molecule has 1 fully saturated rings. The van der Waals surface area contributed by atoms with Gasteiger partial charge >= 0.3 is 0 Å². The molecule has 0 bridgehead atoms. The Morgan fingerprint density at radius 1 is 1.15 bits per heavy atom. The van der Waals surface area contributed by atoms with Crippen LogP contribution in [0.15, 0.2) is 36.4 Å². The molecule has 0 aromatic heterocycles. The molecular formula is C19H21N3O4. The van der Waals surface area contributed by atoms with Crippen LogP contribution in [0.25, 0.3) is 0 Å². The summed E-state index contributed by atoms with van der Waals surface area (Å²) in [6.45, 7) is 6.26. The minimum absolute atomic E-state index is 0.104. The first-order valence-corrected chi connectivity index (χ1v) is 8.45. The third kappa shape index (κ3) is 3.83. The number of nitro benzene ring substituents is 1. The van der Waals surface area contributed by atoms with E-state index in [4.69, 9.17) is 4.74 Å². The normalized spacial score (nSPS) is 14.2. The molecule has 1 N–H and O–H groups in total. The fraction of sp³-hybridized carbons (Fsp3) is 0.316. The van der Waals surface area contributed by atoms with Crippen LogP contribution in [-0.2, 0) is 4.74 Å². The number of rotatable bonds is 4. The number of non-ortho nitro benzene ring substituents is 1. The van der Waals surface area contributed by atoms with E-state index in [1.54, 1.807) is 6.07 Å². The Labute approximate surface area is 151 Å². The van der Waals surface area contributed by atoms with Crippen molar-refractivity contribution in [3.63, 3.8) is 0 Å². The van der Waals surface area contributed by atoms with E-state index in [0.29, 0.717) is 43.2 Å². The van der Waals surface area contributed by atoms with Crippen LogP contribution in [0, 0.1) is 24.0 Å². The first-order valence-electron chi connectivity index (χ1n) is 8.45. The fourth-order valence-corrected chi connectivity index (χ4v) is 2.96. The first-order chi connectivity index (χ1) is 12.5. The highest BCUT2D eigenvalue weighted by Gasteiger charge is 2.22. The van der Waals surface area contributed by atoms with E-state index in [1.807, 2.05) is 36.9 Å². The topological polar surface area (TPSA) is 84.7 Å². The van der Waals surface area contributed by atoms with Crippen molar-refractivity contribution < 1.29 is 14.5 Å². The van der Waals surface area contributed by atoms with Gasteiger partial charge in [0.25, 0.3) is 11.6 Å². The molecule has 1 aliphatic rings. The van der Waals surface area contributed by atoms with Crippen LogP contribution < -0.4 is 10.2 Å². The third-order valence-corrected chi connectivity index (χ3v) is 4.43. The molecule has 0 spiro atoms. The molecule has 0 aliphatic carbocycles. The van der Waals surface area contributed by atoms with Gasteiger partial charge in [-0.25, -0.2) is 0 Å². The van der Waals surface area contributed by atoms with E-state index in [1.165, 1.54) is 12.1 Å². The summed E-state index contributed by atoms with van der Waals surface area (Å²) in [4.78, 5) is 25.6. The minimum atomic E-state index is -0.488. The molecule has 7 heteroatoms. The molecule has 3 rings (SSSR count). The molecule has 0 atom stereocenters. The zero-order chi connectivity index (χ0) is 18.7. The Hall–Kier alpha value is -2.93. The van der Waals surface area contributed by atoms with Gasteiger partial charge in [-0.1, -0.05) is 12.1 Å². The quantitative estimate of drug-likeness (QED) is 0.672. The van der Waals surface area contributed by atoms with Crippen molar-refractivity contribution in [1.29, 1.82) is 0 Å². The Bertz CT molecular complexity index is 845. The predicted octanol–water partition coefficient (Wildman–Crippen LogP) is 3.30. The Morgan fingerprint density at radius 2 is 1.88 bits per heavy atom. The van der Waals surface area contributed by atoms with Gasteiger partial charge in [-0.05, 0) is 37.1 Å². The Balaban J connectivity index is 1.97. The number of nitrogens with zero attached hydrogens (tertiary/aromatic N) is 2. The lowest BCUT2D eigenvalue weighted by molar-refractivity contribution is -0.384. The lowest BCUT2D eigenvalue weighted by Crippen LogP contribution is -2.37. The highest BCUT2D eigenvalue weighted by Crippen LogP contribution is 2.28. The van der Waals surface area contributed by atoms with Crippen LogP contribution in [0.5, 0.6) is 0 Å². The summed E-state index contributed by atoms with van der Waals surface area (Å²) in [5.74, 6) is -0.358. The molecule has 2 aromatic carbocycles. The van der Waals surface area contributed by atoms with Crippen molar-refractivity contribution in [3.05, 3.63) is 63.2 Å². The SMILES string of the molecule is Cc1ccc(C)c(NC(=O)c2cc([N+](=O)[O-])ccc2N2CCOCC2)c1. The van der Waals surface area contributed by atoms with Gasteiger partial charge < -0.3 is 15.0 Å². The third-order valence-electron chi connectivity index (χ3n) is 4.43. The number of nitrogens with one attached hydrogen (secondary N) is 1. The van der Waals surface area contributed by atoms with Crippen molar-refractivity contribution in [2.75, 3.05) is 36.5 Å². The number of aryl methyl sites for hydroxylation is 2. The zero-order valence-electron chi connectivity index (χ0n) is 14.8. The summed E-state index contributed by atoms with van der Waals surface area (Å²) >= 11 is 0. The largest absolute Gasteiger partial charge is 0.378 e. The molecule has 0 radical (unpaired) electrons. The zero-order valence-corrected chi connectivity index (χ0v) is 14.8. The summed E-state index contributed by atoms with van der Waals surface area (Å²) < 4.78 is 5.36. The summed E-state index contributed by atoms with van der Waals surface area (Å²) in [6, 6.07) is 10.2. The number of carbonyl (C=O) groups excluding carboxylic acids is 1. The van der Waals surface area contributed by atoms with E-state index in [2.05, 4.69) is 5.32 Å². The van der Waals surface area contributed by atoms with Crippen LogP contribution in [0.1, 0.15) is 21.5 Å². The number of amides is 1. The molecule has 2 aromatic rings. The number of morpholine rings is 1. The average Bonchev–Trinajstić information content (AvgIpc) is 2.65. The van der Waals surface area contributed by atoms with Crippen molar-refractivity contribution >= 4 is 23.0 Å². The standard InChI is InChI=1S/C19H21N3O4/c1-13-3-4-14(2)17(11-13)20-19(23)16-12-15(22(24)25)5-6-18(16)21-7-9-26-10-8-21/h3-6,11-12H,7-10H2,1-2H3,(H,20,23). The molecule has 0 unspecified atom stereocenters. The summed E-state index contributed by atoms with van der Waals surface area (Å²) in [5, 5.41) is 14.1. The van der Waals surface area contributed by atoms with Gasteiger partial charge in [0.05, 0.1) is 29.4 Å². The van der Waals surface area contributed by atoms with Gasteiger partial charge in [-0.2, -0.15) is 0 Å². The number of hydrogen-bond donors (Lipinski definition) is 1. The number of nitro groups is 1. The monoisotopic (exact) mass is 355 g/mol. The van der Waals surface area contributed by atoms with Gasteiger partial charge in [0.15, 0.2) is 0 Å². The number of ether oxygens (including phenoxy) is 1. The number of benzene rings is 2. The molecule has 136 valence electrons. The van der Waals surface area contributed by atoms with Crippen LogP contribution in [-0.4, -0.2) is 37.1 Å². The molecule has 1 amide bonds. The maximum atomic E-state index is 12.9. The van der Waals surface area contributed by atoms with Crippen molar-refractivity contribution in [1.82, 2.24) is 0 Å². The maximum absolute atomic E-state index is 12.9. The second-order valence-electron chi connectivity index (χ2n) is 6.33. The van der Waals surface area contributed by atoms with Crippen LogP contribution in [0.4, 0.5) is 17.1 Å². The molecule has 26 heavy (non-hydrogen) atoms. The smallest absolute Gasteiger partial charge is 0.270 e. The van der Waals surface area contributed by atoms with Gasteiger partial charge in [0, 0.05) is 30.9 Å². The first kappa shape index (κ1) is 17.9. The van der Waals surface area contributed by atoms with Gasteiger partial charge in [-0.15, -0.1) is 0 Å². The number of carbonyl (C=O) groups is 1. The molecule has 7 nitrogen and oxygen atoms in total. The van der Waals surface area contributed by atoms with E-state index < -0.39 is 4.92 Å².